The number of benzene rings is 2. The first-order valence-corrected chi connectivity index (χ1v) is 7.46. The number of hydrogen-bond donors (Lipinski definition) is 2. The predicted molar refractivity (Wildman–Crippen MR) is 92.9 cm³/mol. The van der Waals surface area contributed by atoms with Crippen molar-refractivity contribution in [1.82, 2.24) is 9.97 Å². The summed E-state index contributed by atoms with van der Waals surface area (Å²) in [6, 6.07) is 16.1. The number of ether oxygens (including phenoxy) is 1. The van der Waals surface area contributed by atoms with Crippen LogP contribution in [0.15, 0.2) is 67.0 Å². The maximum atomic E-state index is 12.0. The van der Waals surface area contributed by atoms with E-state index in [1.165, 1.54) is 12.4 Å². The summed E-state index contributed by atoms with van der Waals surface area (Å²) in [5.41, 5.74) is 1.33. The monoisotopic (exact) mass is 340 g/mol. The fourth-order valence-electron chi connectivity index (χ4n) is 1.94. The van der Waals surface area contributed by atoms with E-state index in [9.17, 15) is 4.79 Å². The molecule has 0 saturated heterocycles. The predicted octanol–water partition coefficient (Wildman–Crippen LogP) is 4.48. The number of carbonyl (C=O) groups is 1. The van der Waals surface area contributed by atoms with E-state index in [0.717, 1.165) is 5.69 Å². The van der Waals surface area contributed by atoms with Gasteiger partial charge in [-0.25, -0.2) is 14.8 Å². The van der Waals surface area contributed by atoms with Crippen molar-refractivity contribution >= 4 is 34.9 Å². The molecule has 1 aromatic heterocycles. The topological polar surface area (TPSA) is 76.1 Å². The highest BCUT2D eigenvalue weighted by molar-refractivity contribution is 6.30. The molecule has 0 atom stereocenters. The van der Waals surface area contributed by atoms with Gasteiger partial charge in [0.15, 0.2) is 5.82 Å². The third-order valence-corrected chi connectivity index (χ3v) is 3.20. The Labute approximate surface area is 143 Å². The molecule has 3 aromatic rings. The van der Waals surface area contributed by atoms with Crippen LogP contribution in [0.4, 0.5) is 22.0 Å². The molecule has 0 aliphatic carbocycles. The van der Waals surface area contributed by atoms with Gasteiger partial charge in [0.05, 0.1) is 0 Å². The number of nitrogens with zero attached hydrogens (tertiary/aromatic N) is 2. The van der Waals surface area contributed by atoms with Gasteiger partial charge in [0.1, 0.15) is 0 Å². The molecule has 0 spiro atoms. The Balaban J connectivity index is 1.72. The molecule has 1 amide bonds. The minimum Gasteiger partial charge on any atom is -0.387 e. The van der Waals surface area contributed by atoms with Crippen molar-refractivity contribution in [3.63, 3.8) is 0 Å². The first kappa shape index (κ1) is 15.8. The molecule has 2 aromatic carbocycles. The van der Waals surface area contributed by atoms with Crippen molar-refractivity contribution in [2.75, 3.05) is 10.6 Å². The number of hydrogen-bond acceptors (Lipinski definition) is 5. The van der Waals surface area contributed by atoms with Gasteiger partial charge in [0.25, 0.3) is 5.88 Å². The number of carbonyl (C=O) groups excluding carboxylic acids is 1. The molecular formula is C17H13ClN4O2. The van der Waals surface area contributed by atoms with E-state index in [2.05, 4.69) is 20.6 Å². The Kier molecular flexibility index (Phi) is 4.88. The summed E-state index contributed by atoms with van der Waals surface area (Å²) >= 11 is 5.88. The highest BCUT2D eigenvalue weighted by Gasteiger charge is 2.12. The summed E-state index contributed by atoms with van der Waals surface area (Å²) in [6.45, 7) is 0. The second-order valence-corrected chi connectivity index (χ2v) is 5.16. The third-order valence-electron chi connectivity index (χ3n) is 2.96. The van der Waals surface area contributed by atoms with Crippen LogP contribution in [-0.2, 0) is 0 Å². The molecule has 0 aliphatic rings. The van der Waals surface area contributed by atoms with Gasteiger partial charge in [-0.2, -0.15) is 0 Å². The summed E-state index contributed by atoms with van der Waals surface area (Å²) in [5.74, 6) is 0.408. The van der Waals surface area contributed by atoms with Gasteiger partial charge in [-0.1, -0.05) is 35.9 Å². The fourth-order valence-corrected chi connectivity index (χ4v) is 2.13. The maximum Gasteiger partial charge on any atom is 0.418 e. The first-order valence-electron chi connectivity index (χ1n) is 7.08. The van der Waals surface area contributed by atoms with E-state index in [1.807, 2.05) is 30.3 Å². The number of rotatable bonds is 4. The largest absolute Gasteiger partial charge is 0.418 e. The number of amides is 1. The Morgan fingerprint density at radius 3 is 2.50 bits per heavy atom. The summed E-state index contributed by atoms with van der Waals surface area (Å²) in [6.07, 6.45) is 2.26. The zero-order valence-corrected chi connectivity index (χ0v) is 13.2. The van der Waals surface area contributed by atoms with Crippen LogP contribution in [-0.4, -0.2) is 16.1 Å². The lowest BCUT2D eigenvalue weighted by atomic mass is 10.3. The third kappa shape index (κ3) is 4.21. The molecule has 2 N–H and O–H groups in total. The highest BCUT2D eigenvalue weighted by atomic mass is 35.5. The van der Waals surface area contributed by atoms with Gasteiger partial charge in [0.2, 0.25) is 0 Å². The van der Waals surface area contributed by atoms with Crippen molar-refractivity contribution in [3.05, 3.63) is 72.0 Å². The van der Waals surface area contributed by atoms with Gasteiger partial charge in [-0.3, -0.25) is 5.32 Å². The molecule has 7 heteroatoms. The Morgan fingerprint density at radius 2 is 1.71 bits per heavy atom. The van der Waals surface area contributed by atoms with Crippen LogP contribution < -0.4 is 15.4 Å². The van der Waals surface area contributed by atoms with Crippen molar-refractivity contribution in [1.29, 1.82) is 0 Å². The fraction of sp³-hybridized carbons (Fsp3) is 0. The number of nitrogens with one attached hydrogen (secondary N) is 2. The smallest absolute Gasteiger partial charge is 0.387 e. The van der Waals surface area contributed by atoms with Crippen molar-refractivity contribution in [3.8, 4) is 5.88 Å². The van der Waals surface area contributed by atoms with Gasteiger partial charge in [-0.15, -0.1) is 0 Å². The van der Waals surface area contributed by atoms with Crippen LogP contribution in [0.1, 0.15) is 0 Å². The van der Waals surface area contributed by atoms with Crippen LogP contribution in [0.2, 0.25) is 5.02 Å². The molecular weight excluding hydrogens is 328 g/mol. The average Bonchev–Trinajstić information content (AvgIpc) is 2.57. The standard InChI is InChI=1S/C17H13ClN4O2/c18-12-5-4-8-14(11-12)22-17(23)24-16-15(19-9-10-20-16)21-13-6-2-1-3-7-13/h1-11H,(H,19,21)(H,22,23). The van der Waals surface area contributed by atoms with Crippen LogP contribution in [0.25, 0.3) is 0 Å². The minimum atomic E-state index is -0.686. The van der Waals surface area contributed by atoms with Crippen molar-refractivity contribution in [2.24, 2.45) is 0 Å². The molecule has 0 saturated carbocycles. The number of halogens is 1. The second-order valence-electron chi connectivity index (χ2n) is 4.73. The Bertz CT molecular complexity index is 843. The number of aromatic nitrogens is 2. The lowest BCUT2D eigenvalue weighted by Gasteiger charge is -2.10. The van der Waals surface area contributed by atoms with Gasteiger partial charge >= 0.3 is 6.09 Å². The lowest BCUT2D eigenvalue weighted by Crippen LogP contribution is -2.18. The van der Waals surface area contributed by atoms with Crippen LogP contribution in [0, 0.1) is 0 Å². The zero-order chi connectivity index (χ0) is 16.8. The molecule has 0 radical (unpaired) electrons. The van der Waals surface area contributed by atoms with E-state index in [1.54, 1.807) is 24.3 Å². The van der Waals surface area contributed by atoms with Gasteiger partial charge in [0, 0.05) is 28.8 Å². The SMILES string of the molecule is O=C(Nc1cccc(Cl)c1)Oc1nccnc1Nc1ccccc1. The number of anilines is 3. The highest BCUT2D eigenvalue weighted by Crippen LogP contribution is 2.23. The molecule has 120 valence electrons. The van der Waals surface area contributed by atoms with Crippen LogP contribution in [0.3, 0.4) is 0 Å². The average molecular weight is 341 g/mol. The summed E-state index contributed by atoms with van der Waals surface area (Å²) < 4.78 is 5.23. The molecule has 3 rings (SSSR count). The lowest BCUT2D eigenvalue weighted by molar-refractivity contribution is 0.213. The van der Waals surface area contributed by atoms with Crippen LogP contribution >= 0.6 is 11.6 Å². The molecule has 6 nitrogen and oxygen atoms in total. The Hall–Kier alpha value is -3.12. The first-order chi connectivity index (χ1) is 11.7. The zero-order valence-electron chi connectivity index (χ0n) is 12.4. The van der Waals surface area contributed by atoms with E-state index in [-0.39, 0.29) is 5.88 Å². The summed E-state index contributed by atoms with van der Waals surface area (Å²) in [5, 5.41) is 6.15. The van der Waals surface area contributed by atoms with E-state index in [0.29, 0.717) is 16.5 Å². The molecule has 1 heterocycles. The summed E-state index contributed by atoms with van der Waals surface area (Å²) in [4.78, 5) is 20.2. The quantitative estimate of drug-likeness (QED) is 0.732. The normalized spacial score (nSPS) is 10.0. The van der Waals surface area contributed by atoms with E-state index >= 15 is 0 Å². The number of para-hydroxylation sites is 1. The molecule has 0 fully saturated rings. The minimum absolute atomic E-state index is 0.0703. The molecule has 0 aliphatic heterocycles. The van der Waals surface area contributed by atoms with Crippen LogP contribution in [0.5, 0.6) is 5.88 Å². The van der Waals surface area contributed by atoms with Gasteiger partial charge in [-0.05, 0) is 30.3 Å². The maximum absolute atomic E-state index is 12.0. The molecule has 24 heavy (non-hydrogen) atoms. The van der Waals surface area contributed by atoms with Gasteiger partial charge < -0.3 is 10.1 Å². The van der Waals surface area contributed by atoms with E-state index < -0.39 is 6.09 Å². The molecule has 0 unspecified atom stereocenters. The summed E-state index contributed by atoms with van der Waals surface area (Å²) in [7, 11) is 0. The Morgan fingerprint density at radius 1 is 0.958 bits per heavy atom. The van der Waals surface area contributed by atoms with Crippen molar-refractivity contribution in [2.45, 2.75) is 0 Å². The second kappa shape index (κ2) is 7.43. The van der Waals surface area contributed by atoms with Crippen molar-refractivity contribution < 1.29 is 9.53 Å². The van der Waals surface area contributed by atoms with E-state index in [4.69, 9.17) is 16.3 Å². The molecule has 0 bridgehead atoms.